The molecule has 2 aromatic heterocycles. The third-order valence-electron chi connectivity index (χ3n) is 5.32. The van der Waals surface area contributed by atoms with Gasteiger partial charge in [-0.2, -0.15) is 10.2 Å². The molecule has 0 fully saturated rings. The number of rotatable bonds is 6. The van der Waals surface area contributed by atoms with Crippen molar-refractivity contribution in [3.63, 3.8) is 0 Å². The van der Waals surface area contributed by atoms with Crippen LogP contribution in [0.4, 0.5) is 5.69 Å². The molecule has 0 aliphatic rings. The normalized spacial score (nSPS) is 11.3. The van der Waals surface area contributed by atoms with Crippen LogP contribution in [0.3, 0.4) is 0 Å². The number of nitro benzene ring substituents is 1. The topological polar surface area (TPSA) is 102 Å². The van der Waals surface area contributed by atoms with Crippen molar-refractivity contribution in [2.45, 2.75) is 0 Å². The predicted octanol–water partition coefficient (Wildman–Crippen LogP) is 7.39. The van der Waals surface area contributed by atoms with Gasteiger partial charge in [-0.1, -0.05) is 65.1 Å². The second-order valence-electron chi connectivity index (χ2n) is 7.73. The van der Waals surface area contributed by atoms with E-state index in [1.165, 1.54) is 18.3 Å². The van der Waals surface area contributed by atoms with Crippen molar-refractivity contribution in [3.8, 4) is 16.9 Å². The molecule has 2 heterocycles. The average molecular weight is 571 g/mol. The minimum absolute atomic E-state index is 0.0684. The number of fused-ring (bicyclic) bond motifs is 1. The highest BCUT2D eigenvalue weighted by molar-refractivity contribution is 7.21. The van der Waals surface area contributed by atoms with Gasteiger partial charge in [-0.25, -0.2) is 10.1 Å². The second-order valence-corrected chi connectivity index (χ2v) is 10.00. The lowest BCUT2D eigenvalue weighted by Crippen LogP contribution is -2.16. The Morgan fingerprint density at radius 3 is 2.62 bits per heavy atom. The van der Waals surface area contributed by atoms with Crippen LogP contribution in [-0.4, -0.2) is 26.8 Å². The Bertz CT molecular complexity index is 1700. The number of hydrogen-bond donors (Lipinski definition) is 1. The first-order valence-corrected chi connectivity index (χ1v) is 12.6. The summed E-state index contributed by atoms with van der Waals surface area (Å²) in [7, 11) is 0. The van der Waals surface area contributed by atoms with Gasteiger partial charge in [0.25, 0.3) is 11.6 Å². The Hall–Kier alpha value is -3.76. The zero-order valence-electron chi connectivity index (χ0n) is 18.6. The number of aromatic nitrogens is 2. The number of hydrogen-bond acceptors (Lipinski definition) is 6. The van der Waals surface area contributed by atoms with Crippen LogP contribution in [0, 0.1) is 10.1 Å². The molecule has 0 atom stereocenters. The van der Waals surface area contributed by atoms with E-state index in [9.17, 15) is 14.9 Å². The van der Waals surface area contributed by atoms with Crippen LogP contribution in [0.15, 0.2) is 78.0 Å². The van der Waals surface area contributed by atoms with Gasteiger partial charge in [-0.05, 0) is 24.3 Å². The van der Waals surface area contributed by atoms with Crippen LogP contribution in [0.2, 0.25) is 15.1 Å². The minimum Gasteiger partial charge on any atom is -0.266 e. The van der Waals surface area contributed by atoms with Gasteiger partial charge in [0.15, 0.2) is 0 Å². The Morgan fingerprint density at radius 1 is 1.08 bits per heavy atom. The van der Waals surface area contributed by atoms with Gasteiger partial charge < -0.3 is 0 Å². The number of amides is 1. The Balaban J connectivity index is 1.48. The summed E-state index contributed by atoms with van der Waals surface area (Å²) in [6.07, 6.45) is 3.14. The summed E-state index contributed by atoms with van der Waals surface area (Å²) < 4.78 is 2.31. The summed E-state index contributed by atoms with van der Waals surface area (Å²) in [4.78, 5) is 23.9. The van der Waals surface area contributed by atoms with Gasteiger partial charge in [-0.15, -0.1) is 11.3 Å². The number of para-hydroxylation sites is 1. The smallest absolute Gasteiger partial charge is 0.266 e. The fourth-order valence-electron chi connectivity index (χ4n) is 3.65. The van der Waals surface area contributed by atoms with E-state index < -0.39 is 10.8 Å². The molecule has 184 valence electrons. The maximum absolute atomic E-state index is 12.9. The summed E-state index contributed by atoms with van der Waals surface area (Å²) >= 11 is 19.9. The molecule has 5 aromatic rings. The third-order valence-corrected chi connectivity index (χ3v) is 7.46. The van der Waals surface area contributed by atoms with E-state index in [-0.39, 0.29) is 15.6 Å². The number of carbonyl (C=O) groups is 1. The zero-order chi connectivity index (χ0) is 26.1. The first-order valence-electron chi connectivity index (χ1n) is 10.6. The maximum atomic E-state index is 12.9. The molecular weight excluding hydrogens is 557 g/mol. The largest absolute Gasteiger partial charge is 0.283 e. The van der Waals surface area contributed by atoms with Gasteiger partial charge >= 0.3 is 0 Å². The number of non-ortho nitro benzene ring substituents is 1. The van der Waals surface area contributed by atoms with Crippen molar-refractivity contribution in [3.05, 3.63) is 109 Å². The Kier molecular flexibility index (Phi) is 6.94. The molecule has 1 amide bonds. The molecule has 8 nitrogen and oxygen atoms in total. The monoisotopic (exact) mass is 569 g/mol. The van der Waals surface area contributed by atoms with E-state index in [0.717, 1.165) is 17.0 Å². The van der Waals surface area contributed by atoms with E-state index in [4.69, 9.17) is 34.8 Å². The van der Waals surface area contributed by atoms with Crippen LogP contribution in [0.25, 0.3) is 27.0 Å². The summed E-state index contributed by atoms with van der Waals surface area (Å²) in [6.45, 7) is 0. The molecular formula is C25H14Cl3N5O3S. The van der Waals surface area contributed by atoms with E-state index >= 15 is 0 Å². The number of thiophene rings is 1. The number of nitrogens with one attached hydrogen (secondary N) is 1. The number of halogens is 3. The fourth-order valence-corrected chi connectivity index (χ4v) is 5.92. The van der Waals surface area contributed by atoms with Crippen molar-refractivity contribution in [1.29, 1.82) is 0 Å². The van der Waals surface area contributed by atoms with E-state index in [1.54, 1.807) is 35.1 Å². The highest BCUT2D eigenvalue weighted by atomic mass is 35.5. The van der Waals surface area contributed by atoms with Crippen molar-refractivity contribution >= 4 is 74.0 Å². The van der Waals surface area contributed by atoms with E-state index in [1.807, 2.05) is 30.3 Å². The lowest BCUT2D eigenvalue weighted by Gasteiger charge is -2.01. The number of hydrazone groups is 1. The molecule has 5 rings (SSSR count). The summed E-state index contributed by atoms with van der Waals surface area (Å²) in [5, 5.41) is 21.5. The number of nitrogens with zero attached hydrogens (tertiary/aromatic N) is 4. The quantitative estimate of drug-likeness (QED) is 0.131. The van der Waals surface area contributed by atoms with Gasteiger partial charge in [0, 0.05) is 44.6 Å². The van der Waals surface area contributed by atoms with Crippen LogP contribution in [0.1, 0.15) is 15.2 Å². The molecule has 37 heavy (non-hydrogen) atoms. The zero-order valence-corrected chi connectivity index (χ0v) is 21.6. The highest BCUT2D eigenvalue weighted by Gasteiger charge is 2.20. The predicted molar refractivity (Wildman–Crippen MR) is 148 cm³/mol. The molecule has 1 N–H and O–H groups in total. The molecule has 0 bridgehead atoms. The number of benzene rings is 3. The highest BCUT2D eigenvalue weighted by Crippen LogP contribution is 2.41. The van der Waals surface area contributed by atoms with Crippen LogP contribution >= 0.6 is 46.1 Å². The molecule has 0 unspecified atom stereocenters. The van der Waals surface area contributed by atoms with Gasteiger partial charge in [0.05, 0.1) is 26.9 Å². The fraction of sp³-hybridized carbons (Fsp3) is 0. The molecule has 12 heteroatoms. The standard InChI is InChI=1S/C25H14Cl3N5O3S/c26-16-10-19(27)21-20(11-16)37-24(22(21)28)25(34)30-29-12-15-13-32(17-6-2-1-3-7-17)31-23(15)14-5-4-8-18(9-14)33(35)36/h1-13H,(H,30,34). The van der Waals surface area contributed by atoms with Crippen molar-refractivity contribution in [2.24, 2.45) is 5.10 Å². The maximum Gasteiger partial charge on any atom is 0.283 e. The average Bonchev–Trinajstić information content (AvgIpc) is 3.46. The van der Waals surface area contributed by atoms with E-state index in [0.29, 0.717) is 37.0 Å². The van der Waals surface area contributed by atoms with Gasteiger partial charge in [0.1, 0.15) is 10.6 Å². The van der Waals surface area contributed by atoms with Crippen LogP contribution in [0.5, 0.6) is 0 Å². The molecule has 3 aromatic carbocycles. The van der Waals surface area contributed by atoms with Crippen LogP contribution in [-0.2, 0) is 0 Å². The van der Waals surface area contributed by atoms with Crippen molar-refractivity contribution < 1.29 is 9.72 Å². The lowest BCUT2D eigenvalue weighted by molar-refractivity contribution is -0.384. The first-order chi connectivity index (χ1) is 17.8. The Labute approximate surface area is 228 Å². The molecule has 0 aliphatic carbocycles. The molecule has 0 aliphatic heterocycles. The SMILES string of the molecule is O=C(NN=Cc1cn(-c2ccccc2)nc1-c1cccc([N+](=O)[O-])c1)c1sc2cc(Cl)cc(Cl)c2c1Cl. The van der Waals surface area contributed by atoms with Gasteiger partial charge in [0.2, 0.25) is 0 Å². The van der Waals surface area contributed by atoms with Crippen molar-refractivity contribution in [1.82, 2.24) is 15.2 Å². The summed E-state index contributed by atoms with van der Waals surface area (Å²) in [5.41, 5.74) is 4.69. The molecule has 0 saturated heterocycles. The lowest BCUT2D eigenvalue weighted by atomic mass is 10.1. The minimum atomic E-state index is -0.526. The van der Waals surface area contributed by atoms with Crippen molar-refractivity contribution in [2.75, 3.05) is 0 Å². The number of carbonyl (C=O) groups excluding carboxylic acids is 1. The summed E-state index contributed by atoms with van der Waals surface area (Å²) in [5.74, 6) is -0.526. The first kappa shape index (κ1) is 24.9. The molecule has 0 spiro atoms. The molecule has 0 radical (unpaired) electrons. The molecule has 0 saturated carbocycles. The van der Waals surface area contributed by atoms with Gasteiger partial charge in [-0.3, -0.25) is 14.9 Å². The second kappa shape index (κ2) is 10.3. The van der Waals surface area contributed by atoms with E-state index in [2.05, 4.69) is 15.6 Å². The van der Waals surface area contributed by atoms with Crippen LogP contribution < -0.4 is 5.43 Å². The summed E-state index contributed by atoms with van der Waals surface area (Å²) in [6, 6.07) is 18.7. The Morgan fingerprint density at radius 2 is 1.86 bits per heavy atom. The number of nitro groups is 1. The third kappa shape index (κ3) is 5.07.